The summed E-state index contributed by atoms with van der Waals surface area (Å²) in [6.45, 7) is 0.683. The number of carbonyl (C=O) groups is 1. The smallest absolute Gasteiger partial charge is 0.243 e. The van der Waals surface area contributed by atoms with Crippen LogP contribution in [0.4, 0.5) is 4.39 Å². The number of benzene rings is 1. The molecular weight excluding hydrogens is 281 g/mol. The van der Waals surface area contributed by atoms with Gasteiger partial charge in [0.05, 0.1) is 18.1 Å². The minimum atomic E-state index is -0.462. The lowest BCUT2D eigenvalue weighted by molar-refractivity contribution is -0.125. The van der Waals surface area contributed by atoms with E-state index in [0.29, 0.717) is 28.8 Å². The van der Waals surface area contributed by atoms with E-state index in [1.807, 2.05) is 0 Å². The van der Waals surface area contributed by atoms with E-state index < -0.39 is 5.82 Å². The van der Waals surface area contributed by atoms with Crippen LogP contribution in [0.5, 0.6) is 5.75 Å². The van der Waals surface area contributed by atoms with Gasteiger partial charge in [0.1, 0.15) is 6.04 Å². The average Bonchev–Trinajstić information content (AvgIpc) is 2.73. The molecule has 106 valence electrons. The van der Waals surface area contributed by atoms with Crippen LogP contribution in [0.25, 0.3) is 11.0 Å². The molecule has 1 aromatic heterocycles. The second-order valence-corrected chi connectivity index (χ2v) is 5.14. The highest BCUT2D eigenvalue weighted by Crippen LogP contribution is 2.29. The summed E-state index contributed by atoms with van der Waals surface area (Å²) < 4.78 is 20.9. The molecular formula is C13H14FN3O2S. The first-order valence-electron chi connectivity index (χ1n) is 6.37. The zero-order valence-electron chi connectivity index (χ0n) is 10.9. The van der Waals surface area contributed by atoms with Gasteiger partial charge >= 0.3 is 0 Å². The molecule has 7 heteroatoms. The number of piperidine rings is 1. The lowest BCUT2D eigenvalue weighted by Gasteiger charge is -2.23. The molecule has 20 heavy (non-hydrogen) atoms. The Morgan fingerprint density at radius 2 is 2.30 bits per heavy atom. The number of aromatic amines is 1. The fraction of sp³-hybridized carbons (Fsp3) is 0.385. The number of methoxy groups -OCH3 is 1. The number of H-pyrrole nitrogens is 1. The summed E-state index contributed by atoms with van der Waals surface area (Å²) in [5.41, 5.74) is 1.24. The molecule has 1 fully saturated rings. The first-order chi connectivity index (χ1) is 9.61. The highest BCUT2D eigenvalue weighted by molar-refractivity contribution is 7.71. The van der Waals surface area contributed by atoms with Gasteiger partial charge in [-0.05, 0) is 25.1 Å². The summed E-state index contributed by atoms with van der Waals surface area (Å²) in [4.78, 5) is 15.0. The highest BCUT2D eigenvalue weighted by atomic mass is 32.1. The Morgan fingerprint density at radius 3 is 3.00 bits per heavy atom. The minimum Gasteiger partial charge on any atom is -0.494 e. The molecule has 0 aliphatic carbocycles. The molecule has 3 rings (SSSR count). The Kier molecular flexibility index (Phi) is 3.21. The van der Waals surface area contributed by atoms with Gasteiger partial charge in [0.25, 0.3) is 0 Å². The monoisotopic (exact) mass is 295 g/mol. The van der Waals surface area contributed by atoms with Gasteiger partial charge in [-0.2, -0.15) is 0 Å². The van der Waals surface area contributed by atoms with Gasteiger partial charge in [-0.15, -0.1) is 0 Å². The van der Waals surface area contributed by atoms with Gasteiger partial charge in [0.2, 0.25) is 5.91 Å². The summed E-state index contributed by atoms with van der Waals surface area (Å²) in [7, 11) is 1.41. The number of nitrogens with one attached hydrogen (secondary N) is 2. The normalized spacial score (nSPS) is 19.1. The van der Waals surface area contributed by atoms with Crippen molar-refractivity contribution in [1.29, 1.82) is 0 Å². The van der Waals surface area contributed by atoms with Gasteiger partial charge < -0.3 is 19.6 Å². The van der Waals surface area contributed by atoms with Gasteiger partial charge in [0.15, 0.2) is 16.3 Å². The van der Waals surface area contributed by atoms with E-state index >= 15 is 0 Å². The van der Waals surface area contributed by atoms with E-state index in [2.05, 4.69) is 10.3 Å². The molecule has 1 aromatic carbocycles. The maximum absolute atomic E-state index is 13.7. The molecule has 0 saturated carbocycles. The quantitative estimate of drug-likeness (QED) is 0.836. The standard InChI is InChI=1S/C13H14FN3O2S/c1-19-11-6-10-8(5-7(11)14)16-13(20)17(10)9-3-2-4-15-12(9)18/h5-6,9H,2-4H2,1H3,(H,15,18)(H,16,20). The van der Waals surface area contributed by atoms with Crippen molar-refractivity contribution < 1.29 is 13.9 Å². The third-order valence-corrected chi connectivity index (χ3v) is 3.86. The lowest BCUT2D eigenvalue weighted by Crippen LogP contribution is -2.37. The molecule has 0 spiro atoms. The molecule has 1 aliphatic heterocycles. The number of halogens is 1. The number of ether oxygens (including phenoxy) is 1. The lowest BCUT2D eigenvalue weighted by atomic mass is 10.1. The molecule has 1 unspecified atom stereocenters. The van der Waals surface area contributed by atoms with Crippen molar-refractivity contribution in [3.05, 3.63) is 22.7 Å². The Bertz CT molecular complexity index is 737. The van der Waals surface area contributed by atoms with Crippen molar-refractivity contribution in [2.75, 3.05) is 13.7 Å². The maximum Gasteiger partial charge on any atom is 0.243 e. The third kappa shape index (κ3) is 1.98. The molecule has 2 N–H and O–H groups in total. The molecule has 0 bridgehead atoms. The second-order valence-electron chi connectivity index (χ2n) is 4.75. The van der Waals surface area contributed by atoms with Crippen LogP contribution in [0.3, 0.4) is 0 Å². The number of carbonyl (C=O) groups excluding carboxylic acids is 1. The highest BCUT2D eigenvalue weighted by Gasteiger charge is 2.26. The molecule has 2 aromatic rings. The van der Waals surface area contributed by atoms with Crippen molar-refractivity contribution in [1.82, 2.24) is 14.9 Å². The summed E-state index contributed by atoms with van der Waals surface area (Å²) in [5, 5.41) is 2.83. The van der Waals surface area contributed by atoms with E-state index in [-0.39, 0.29) is 17.7 Å². The molecule has 1 amide bonds. The van der Waals surface area contributed by atoms with E-state index in [1.54, 1.807) is 10.6 Å². The molecule has 5 nitrogen and oxygen atoms in total. The number of nitrogens with zero attached hydrogens (tertiary/aromatic N) is 1. The summed E-state index contributed by atoms with van der Waals surface area (Å²) in [6.07, 6.45) is 1.61. The van der Waals surface area contributed by atoms with Crippen molar-refractivity contribution in [3.63, 3.8) is 0 Å². The largest absolute Gasteiger partial charge is 0.494 e. The van der Waals surface area contributed by atoms with E-state index in [1.165, 1.54) is 13.2 Å². The van der Waals surface area contributed by atoms with Crippen molar-refractivity contribution in [2.45, 2.75) is 18.9 Å². The average molecular weight is 295 g/mol. The van der Waals surface area contributed by atoms with Gasteiger partial charge in [-0.3, -0.25) is 4.79 Å². The van der Waals surface area contributed by atoms with Gasteiger partial charge in [-0.1, -0.05) is 0 Å². The van der Waals surface area contributed by atoms with Crippen LogP contribution in [-0.2, 0) is 4.79 Å². The Morgan fingerprint density at radius 1 is 1.50 bits per heavy atom. The van der Waals surface area contributed by atoms with Crippen molar-refractivity contribution >= 4 is 29.2 Å². The van der Waals surface area contributed by atoms with Crippen LogP contribution in [-0.4, -0.2) is 29.1 Å². The van der Waals surface area contributed by atoms with E-state index in [4.69, 9.17) is 17.0 Å². The van der Waals surface area contributed by atoms with E-state index in [0.717, 1.165) is 6.42 Å². The van der Waals surface area contributed by atoms with E-state index in [9.17, 15) is 9.18 Å². The van der Waals surface area contributed by atoms with Crippen LogP contribution in [0.1, 0.15) is 18.9 Å². The topological polar surface area (TPSA) is 59.0 Å². The Labute approximate surface area is 119 Å². The number of fused-ring (bicyclic) bond motifs is 1. The van der Waals surface area contributed by atoms with Crippen LogP contribution < -0.4 is 10.1 Å². The first-order valence-corrected chi connectivity index (χ1v) is 6.78. The maximum atomic E-state index is 13.7. The minimum absolute atomic E-state index is 0.0588. The van der Waals surface area contributed by atoms with Crippen LogP contribution in [0, 0.1) is 10.6 Å². The molecule has 1 saturated heterocycles. The Hall–Kier alpha value is -1.89. The predicted molar refractivity (Wildman–Crippen MR) is 74.9 cm³/mol. The number of hydrogen-bond donors (Lipinski definition) is 2. The summed E-state index contributed by atoms with van der Waals surface area (Å²) in [6, 6.07) is 2.54. The molecule has 0 radical (unpaired) electrons. The zero-order chi connectivity index (χ0) is 14.3. The number of aromatic nitrogens is 2. The predicted octanol–water partition coefficient (Wildman–Crippen LogP) is 2.30. The van der Waals surface area contributed by atoms with Crippen LogP contribution in [0.2, 0.25) is 0 Å². The van der Waals surface area contributed by atoms with Crippen molar-refractivity contribution in [2.24, 2.45) is 0 Å². The number of amides is 1. The fourth-order valence-electron chi connectivity index (χ4n) is 2.60. The second kappa shape index (κ2) is 4.90. The number of hydrogen-bond acceptors (Lipinski definition) is 3. The van der Waals surface area contributed by atoms with Crippen LogP contribution in [0.15, 0.2) is 12.1 Å². The SMILES string of the molecule is COc1cc2c(cc1F)[nH]c(=S)n2C1CCCNC1=O. The fourth-order valence-corrected chi connectivity index (χ4v) is 2.93. The van der Waals surface area contributed by atoms with Gasteiger partial charge in [-0.25, -0.2) is 4.39 Å². The Balaban J connectivity index is 2.21. The van der Waals surface area contributed by atoms with Crippen LogP contribution >= 0.6 is 12.2 Å². The molecule has 2 heterocycles. The number of rotatable bonds is 2. The van der Waals surface area contributed by atoms with Crippen molar-refractivity contribution in [3.8, 4) is 5.75 Å². The zero-order valence-corrected chi connectivity index (χ0v) is 11.7. The van der Waals surface area contributed by atoms with Gasteiger partial charge in [0, 0.05) is 18.7 Å². The summed E-state index contributed by atoms with van der Waals surface area (Å²) in [5.74, 6) is -0.385. The molecule has 1 aliphatic rings. The first kappa shape index (κ1) is 13.1. The molecule has 1 atom stereocenters. The third-order valence-electron chi connectivity index (χ3n) is 3.56. The number of imidazole rings is 1. The summed E-state index contributed by atoms with van der Waals surface area (Å²) >= 11 is 5.27.